The molecule has 0 spiro atoms. The molecule has 36 heavy (non-hydrogen) atoms. The molecule has 2 aromatic heterocycles. The monoisotopic (exact) mass is 489 g/mol. The molecule has 4 N–H and O–H groups in total. The Bertz CT molecular complexity index is 1380. The first-order valence-electron chi connectivity index (χ1n) is 10.9. The van der Waals surface area contributed by atoms with Gasteiger partial charge in [0.25, 0.3) is 5.91 Å². The molecule has 0 saturated carbocycles. The Labute approximate surface area is 205 Å². The lowest BCUT2D eigenvalue weighted by molar-refractivity contribution is -0.114. The minimum absolute atomic E-state index is 0.0159. The summed E-state index contributed by atoms with van der Waals surface area (Å²) in [5.41, 5.74) is 10.5. The summed E-state index contributed by atoms with van der Waals surface area (Å²) in [7, 11) is 0. The summed E-state index contributed by atoms with van der Waals surface area (Å²) in [6, 6.07) is 14.0. The van der Waals surface area contributed by atoms with E-state index < -0.39 is 5.91 Å². The van der Waals surface area contributed by atoms with Gasteiger partial charge in [-0.3, -0.25) is 9.59 Å². The Kier molecular flexibility index (Phi) is 7.29. The number of hydrogen-bond acceptors (Lipinski definition) is 10. The van der Waals surface area contributed by atoms with E-state index >= 15 is 0 Å². The Morgan fingerprint density at radius 2 is 1.89 bits per heavy atom. The molecule has 0 atom stereocenters. The molecule has 2 amide bonds. The Morgan fingerprint density at radius 1 is 1.14 bits per heavy atom. The summed E-state index contributed by atoms with van der Waals surface area (Å²) in [5.74, 6) is -0.0211. The predicted octanol–water partition coefficient (Wildman–Crippen LogP) is 2.41. The summed E-state index contributed by atoms with van der Waals surface area (Å²) < 4.78 is 11.6. The van der Waals surface area contributed by atoms with Crippen LogP contribution in [0.2, 0.25) is 0 Å². The number of rotatable bonds is 9. The second-order valence-corrected chi connectivity index (χ2v) is 7.55. The van der Waals surface area contributed by atoms with E-state index in [-0.39, 0.29) is 23.2 Å². The van der Waals surface area contributed by atoms with Gasteiger partial charge in [0.1, 0.15) is 11.4 Å². The van der Waals surface area contributed by atoms with Crippen LogP contribution in [0.4, 0.5) is 11.5 Å². The van der Waals surface area contributed by atoms with Crippen LogP contribution in [0.25, 0.3) is 17.1 Å². The van der Waals surface area contributed by atoms with Crippen molar-refractivity contribution in [1.29, 1.82) is 0 Å². The van der Waals surface area contributed by atoms with Crippen molar-refractivity contribution >= 4 is 29.5 Å². The van der Waals surface area contributed by atoms with Crippen molar-refractivity contribution in [3.05, 3.63) is 59.8 Å². The van der Waals surface area contributed by atoms with Gasteiger partial charge in [0, 0.05) is 18.2 Å². The molecular formula is C23H23N9O4. The van der Waals surface area contributed by atoms with Gasteiger partial charge < -0.3 is 15.8 Å². The lowest BCUT2D eigenvalue weighted by Gasteiger charge is -2.08. The van der Waals surface area contributed by atoms with Crippen molar-refractivity contribution in [3.8, 4) is 22.8 Å². The molecule has 2 aromatic carbocycles. The van der Waals surface area contributed by atoms with E-state index in [0.717, 1.165) is 6.42 Å². The number of amides is 2. The molecule has 2 heterocycles. The average Bonchev–Trinajstić information content (AvgIpc) is 3.49. The van der Waals surface area contributed by atoms with E-state index in [1.807, 2.05) is 6.92 Å². The van der Waals surface area contributed by atoms with E-state index in [1.54, 1.807) is 48.5 Å². The van der Waals surface area contributed by atoms with Crippen LogP contribution in [0.1, 0.15) is 36.3 Å². The van der Waals surface area contributed by atoms with E-state index in [2.05, 4.69) is 41.1 Å². The van der Waals surface area contributed by atoms with Crippen LogP contribution in [0.5, 0.6) is 5.75 Å². The lowest BCUT2D eigenvalue weighted by atomic mass is 10.1. The predicted molar refractivity (Wildman–Crippen MR) is 131 cm³/mol. The molecule has 0 bridgehead atoms. The Morgan fingerprint density at radius 3 is 2.53 bits per heavy atom. The van der Waals surface area contributed by atoms with Crippen LogP contribution in [0.3, 0.4) is 0 Å². The van der Waals surface area contributed by atoms with Crippen molar-refractivity contribution in [2.45, 2.75) is 20.3 Å². The summed E-state index contributed by atoms with van der Waals surface area (Å²) in [5, 5.41) is 22.1. The zero-order valence-electron chi connectivity index (χ0n) is 19.5. The third-order valence-electron chi connectivity index (χ3n) is 4.79. The summed E-state index contributed by atoms with van der Waals surface area (Å²) in [6.07, 6.45) is 2.33. The lowest BCUT2D eigenvalue weighted by Crippen LogP contribution is -2.19. The third kappa shape index (κ3) is 5.52. The Hall–Kier alpha value is -5.07. The van der Waals surface area contributed by atoms with Gasteiger partial charge >= 0.3 is 0 Å². The number of hydrazone groups is 1. The van der Waals surface area contributed by atoms with Crippen molar-refractivity contribution in [2.75, 3.05) is 17.7 Å². The van der Waals surface area contributed by atoms with Gasteiger partial charge in [-0.2, -0.15) is 9.78 Å². The Balaban J connectivity index is 1.58. The SMILES string of the molecule is CCCOc1ccc(-c2c(C(=O)N/N=C/c3ccc(NC(C)=O)cc3)nnn2-c2nonc2N)cc1. The standard InChI is InChI=1S/C23H23N9O4/c1-3-12-35-18-10-6-16(7-11-18)20-19(27-31-32(20)22-21(24)29-36-30-22)23(34)28-25-13-15-4-8-17(9-5-15)26-14(2)33/h4-11,13H,3,12H2,1-2H3,(H2,24,29)(H,26,33)(H,28,34)/b25-13+. The molecule has 184 valence electrons. The number of nitrogens with one attached hydrogen (secondary N) is 2. The maximum absolute atomic E-state index is 13.0. The van der Waals surface area contributed by atoms with Crippen LogP contribution >= 0.6 is 0 Å². The number of ether oxygens (including phenoxy) is 1. The first-order valence-corrected chi connectivity index (χ1v) is 10.9. The molecule has 0 aliphatic carbocycles. The van der Waals surface area contributed by atoms with Crippen molar-refractivity contribution in [1.82, 2.24) is 30.7 Å². The van der Waals surface area contributed by atoms with Crippen molar-refractivity contribution < 1.29 is 19.0 Å². The smallest absolute Gasteiger partial charge is 0.294 e. The number of nitrogens with two attached hydrogens (primary N) is 1. The number of nitrogens with zero attached hydrogens (tertiary/aromatic N) is 6. The van der Waals surface area contributed by atoms with Crippen LogP contribution in [0, 0.1) is 0 Å². The minimum atomic E-state index is -0.608. The molecule has 0 saturated heterocycles. The van der Waals surface area contributed by atoms with Gasteiger partial charge in [0.2, 0.25) is 17.5 Å². The highest BCUT2D eigenvalue weighted by molar-refractivity contribution is 5.99. The molecular weight excluding hydrogens is 466 g/mol. The molecule has 4 rings (SSSR count). The average molecular weight is 489 g/mol. The van der Waals surface area contributed by atoms with Crippen LogP contribution in [0.15, 0.2) is 58.3 Å². The molecule has 0 radical (unpaired) electrons. The maximum Gasteiger partial charge on any atom is 0.294 e. The van der Waals surface area contributed by atoms with Crippen LogP contribution < -0.4 is 21.2 Å². The highest BCUT2D eigenvalue weighted by atomic mass is 16.6. The number of carbonyl (C=O) groups is 2. The van der Waals surface area contributed by atoms with Gasteiger partial charge in [-0.15, -0.1) is 5.10 Å². The van der Waals surface area contributed by atoms with E-state index in [0.29, 0.717) is 34.9 Å². The second-order valence-electron chi connectivity index (χ2n) is 7.55. The molecule has 13 heteroatoms. The first kappa shape index (κ1) is 24.1. The molecule has 0 aliphatic heterocycles. The number of benzene rings is 2. The number of nitrogen functional groups attached to an aromatic ring is 1. The number of hydrogen-bond donors (Lipinski definition) is 3. The maximum atomic E-state index is 13.0. The van der Waals surface area contributed by atoms with E-state index in [4.69, 9.17) is 10.5 Å². The van der Waals surface area contributed by atoms with Crippen molar-refractivity contribution in [3.63, 3.8) is 0 Å². The fraction of sp³-hybridized carbons (Fsp3) is 0.174. The van der Waals surface area contributed by atoms with Gasteiger partial charge in [0.15, 0.2) is 5.69 Å². The minimum Gasteiger partial charge on any atom is -0.494 e. The van der Waals surface area contributed by atoms with Gasteiger partial charge in [-0.25, -0.2) is 10.1 Å². The number of anilines is 2. The molecule has 0 fully saturated rings. The van der Waals surface area contributed by atoms with Gasteiger partial charge in [-0.1, -0.05) is 24.3 Å². The number of aromatic nitrogens is 5. The first-order chi connectivity index (χ1) is 17.5. The summed E-state index contributed by atoms with van der Waals surface area (Å²) >= 11 is 0. The van der Waals surface area contributed by atoms with Crippen LogP contribution in [-0.4, -0.2) is 49.9 Å². The zero-order chi connectivity index (χ0) is 25.5. The zero-order valence-corrected chi connectivity index (χ0v) is 19.5. The second kappa shape index (κ2) is 10.9. The van der Waals surface area contributed by atoms with Gasteiger partial charge in [0.05, 0.1) is 12.8 Å². The third-order valence-corrected chi connectivity index (χ3v) is 4.79. The molecule has 13 nitrogen and oxygen atoms in total. The van der Waals surface area contributed by atoms with E-state index in [1.165, 1.54) is 17.8 Å². The largest absolute Gasteiger partial charge is 0.494 e. The molecule has 0 aliphatic rings. The van der Waals surface area contributed by atoms with E-state index in [9.17, 15) is 9.59 Å². The normalized spacial score (nSPS) is 10.9. The fourth-order valence-corrected chi connectivity index (χ4v) is 3.18. The number of carbonyl (C=O) groups excluding carboxylic acids is 2. The van der Waals surface area contributed by atoms with Gasteiger partial charge in [-0.05, 0) is 58.7 Å². The summed E-state index contributed by atoms with van der Waals surface area (Å²) in [6.45, 7) is 4.03. The topological polar surface area (TPSA) is 175 Å². The highest BCUT2D eigenvalue weighted by Crippen LogP contribution is 2.28. The fourth-order valence-electron chi connectivity index (χ4n) is 3.18. The summed E-state index contributed by atoms with van der Waals surface area (Å²) in [4.78, 5) is 24.1. The van der Waals surface area contributed by atoms with Crippen molar-refractivity contribution in [2.24, 2.45) is 5.10 Å². The van der Waals surface area contributed by atoms with Crippen LogP contribution in [-0.2, 0) is 4.79 Å². The quantitative estimate of drug-likeness (QED) is 0.235. The highest BCUT2D eigenvalue weighted by Gasteiger charge is 2.25. The molecule has 4 aromatic rings. The molecule has 0 unspecified atom stereocenters.